The van der Waals surface area contributed by atoms with Gasteiger partial charge in [0.05, 0.1) is 28.0 Å². The second kappa shape index (κ2) is 4.76. The number of hydrogen-bond donors (Lipinski definition) is 2. The van der Waals surface area contributed by atoms with E-state index in [1.54, 1.807) is 6.07 Å². The van der Waals surface area contributed by atoms with Crippen molar-refractivity contribution < 1.29 is 0 Å². The molecule has 0 aliphatic heterocycles. The Hall–Kier alpha value is -2.04. The van der Waals surface area contributed by atoms with Gasteiger partial charge in [-0.3, -0.25) is 0 Å². The van der Waals surface area contributed by atoms with Crippen molar-refractivity contribution in [3.8, 4) is 0 Å². The van der Waals surface area contributed by atoms with Gasteiger partial charge in [-0.25, -0.2) is 9.97 Å². The van der Waals surface area contributed by atoms with Crippen LogP contribution in [0.3, 0.4) is 0 Å². The van der Waals surface area contributed by atoms with Crippen molar-refractivity contribution in [3.63, 3.8) is 0 Å². The van der Waals surface area contributed by atoms with E-state index in [1.807, 2.05) is 30.3 Å². The summed E-state index contributed by atoms with van der Waals surface area (Å²) in [7, 11) is 0. The predicted octanol–water partition coefficient (Wildman–Crippen LogP) is 4.34. The number of benzene rings is 2. The van der Waals surface area contributed by atoms with Crippen molar-refractivity contribution in [3.05, 3.63) is 58.1 Å². The van der Waals surface area contributed by atoms with E-state index in [-0.39, 0.29) is 0 Å². The van der Waals surface area contributed by atoms with Gasteiger partial charge in [-0.2, -0.15) is 0 Å². The van der Waals surface area contributed by atoms with Crippen LogP contribution in [-0.2, 0) is 6.42 Å². The number of hydrogen-bond acceptors (Lipinski definition) is 2. The molecular formula is C15H10Cl2N4. The van der Waals surface area contributed by atoms with Gasteiger partial charge in [0, 0.05) is 5.02 Å². The van der Waals surface area contributed by atoms with Crippen LogP contribution < -0.4 is 0 Å². The van der Waals surface area contributed by atoms with Crippen LogP contribution in [0.4, 0.5) is 0 Å². The third-order valence-electron chi connectivity index (χ3n) is 3.33. The summed E-state index contributed by atoms with van der Waals surface area (Å²) in [4.78, 5) is 15.6. The molecule has 0 saturated carbocycles. The molecule has 2 N–H and O–H groups in total. The van der Waals surface area contributed by atoms with Crippen molar-refractivity contribution in [2.45, 2.75) is 6.42 Å². The minimum absolute atomic E-state index is 0.546. The first-order chi connectivity index (χ1) is 10.2. The summed E-state index contributed by atoms with van der Waals surface area (Å²) in [6.07, 6.45) is 0.581. The highest BCUT2D eigenvalue weighted by molar-refractivity contribution is 6.38. The molecule has 2 aromatic carbocycles. The highest BCUT2D eigenvalue weighted by Gasteiger charge is 2.10. The van der Waals surface area contributed by atoms with E-state index in [4.69, 9.17) is 23.2 Å². The predicted molar refractivity (Wildman–Crippen MR) is 85.0 cm³/mol. The Bertz CT molecular complexity index is 922. The van der Waals surface area contributed by atoms with E-state index >= 15 is 0 Å². The Morgan fingerprint density at radius 2 is 1.67 bits per heavy atom. The van der Waals surface area contributed by atoms with Crippen molar-refractivity contribution >= 4 is 45.3 Å². The number of halogens is 2. The lowest BCUT2D eigenvalue weighted by molar-refractivity contribution is 0.960. The molecule has 6 heteroatoms. The molecule has 2 heterocycles. The Labute approximate surface area is 130 Å². The maximum Gasteiger partial charge on any atom is 0.114 e. The van der Waals surface area contributed by atoms with E-state index in [0.29, 0.717) is 16.5 Å². The molecule has 0 fully saturated rings. The number of aromatic nitrogens is 4. The molecule has 21 heavy (non-hydrogen) atoms. The third kappa shape index (κ3) is 2.26. The molecule has 0 amide bonds. The van der Waals surface area contributed by atoms with Crippen LogP contribution in [0.5, 0.6) is 0 Å². The number of nitrogens with one attached hydrogen (secondary N) is 2. The topological polar surface area (TPSA) is 57.4 Å². The first-order valence-corrected chi connectivity index (χ1v) is 7.22. The Kier molecular flexibility index (Phi) is 2.87. The third-order valence-corrected chi connectivity index (χ3v) is 3.83. The molecule has 4 aromatic rings. The van der Waals surface area contributed by atoms with E-state index in [2.05, 4.69) is 19.9 Å². The zero-order valence-electron chi connectivity index (χ0n) is 10.8. The second-order valence-corrected chi connectivity index (χ2v) is 5.69. The summed E-state index contributed by atoms with van der Waals surface area (Å²) in [6, 6.07) is 11.4. The summed E-state index contributed by atoms with van der Waals surface area (Å²) < 4.78 is 0. The molecule has 0 aliphatic carbocycles. The van der Waals surface area contributed by atoms with Crippen molar-refractivity contribution in [1.29, 1.82) is 0 Å². The molecule has 104 valence electrons. The van der Waals surface area contributed by atoms with Gasteiger partial charge in [0.1, 0.15) is 17.2 Å². The Balaban J connectivity index is 1.75. The van der Waals surface area contributed by atoms with Crippen LogP contribution in [0, 0.1) is 0 Å². The number of nitrogens with zero attached hydrogens (tertiary/aromatic N) is 2. The number of fused-ring (bicyclic) bond motifs is 2. The number of para-hydroxylation sites is 2. The van der Waals surface area contributed by atoms with Gasteiger partial charge < -0.3 is 9.97 Å². The van der Waals surface area contributed by atoms with Gasteiger partial charge in [0.15, 0.2) is 0 Å². The van der Waals surface area contributed by atoms with Crippen LogP contribution in [0.15, 0.2) is 36.4 Å². The molecule has 0 saturated heterocycles. The number of rotatable bonds is 2. The zero-order valence-corrected chi connectivity index (χ0v) is 12.3. The second-order valence-electron chi connectivity index (χ2n) is 4.84. The molecule has 0 radical (unpaired) electrons. The fourth-order valence-corrected chi connectivity index (χ4v) is 2.96. The van der Waals surface area contributed by atoms with Crippen molar-refractivity contribution in [2.24, 2.45) is 0 Å². The van der Waals surface area contributed by atoms with Gasteiger partial charge >= 0.3 is 0 Å². The molecule has 0 atom stereocenters. The lowest BCUT2D eigenvalue weighted by atomic mass is 10.3. The molecule has 0 unspecified atom stereocenters. The lowest BCUT2D eigenvalue weighted by Gasteiger charge is -1.92. The smallest absolute Gasteiger partial charge is 0.114 e. The standard InChI is InChI=1S/C15H10Cl2N4/c16-8-5-9(17)15-12(6-8)20-14(21-15)7-13-18-10-3-1-2-4-11(10)19-13/h1-6H,7H2,(H,18,19)(H,20,21). The minimum Gasteiger partial charge on any atom is -0.342 e. The SMILES string of the molecule is Clc1cc(Cl)c2nc(Cc3nc4ccccc4[nH]3)[nH]c2c1. The highest BCUT2D eigenvalue weighted by Crippen LogP contribution is 2.26. The molecular weight excluding hydrogens is 307 g/mol. The number of aromatic amines is 2. The number of H-pyrrole nitrogens is 2. The zero-order chi connectivity index (χ0) is 14.4. The maximum atomic E-state index is 6.15. The highest BCUT2D eigenvalue weighted by atomic mass is 35.5. The fraction of sp³-hybridized carbons (Fsp3) is 0.0667. The van der Waals surface area contributed by atoms with E-state index in [0.717, 1.165) is 33.7 Å². The van der Waals surface area contributed by atoms with Gasteiger partial charge in [-0.05, 0) is 24.3 Å². The van der Waals surface area contributed by atoms with Crippen LogP contribution in [-0.4, -0.2) is 19.9 Å². The molecule has 0 spiro atoms. The molecule has 4 rings (SSSR count). The quantitative estimate of drug-likeness (QED) is 0.578. The first-order valence-electron chi connectivity index (χ1n) is 6.46. The summed E-state index contributed by atoms with van der Waals surface area (Å²) in [6.45, 7) is 0. The van der Waals surface area contributed by atoms with Crippen LogP contribution in [0.25, 0.3) is 22.1 Å². The average molecular weight is 317 g/mol. The minimum atomic E-state index is 0.546. The van der Waals surface area contributed by atoms with Crippen molar-refractivity contribution in [1.82, 2.24) is 19.9 Å². The van der Waals surface area contributed by atoms with Gasteiger partial charge in [0.2, 0.25) is 0 Å². The molecule has 0 aliphatic rings. The van der Waals surface area contributed by atoms with Gasteiger partial charge in [-0.15, -0.1) is 0 Å². The summed E-state index contributed by atoms with van der Waals surface area (Å²) in [5.74, 6) is 1.66. The summed E-state index contributed by atoms with van der Waals surface area (Å²) in [5.41, 5.74) is 3.53. The molecule has 4 nitrogen and oxygen atoms in total. The van der Waals surface area contributed by atoms with E-state index in [9.17, 15) is 0 Å². The van der Waals surface area contributed by atoms with Crippen LogP contribution >= 0.6 is 23.2 Å². The van der Waals surface area contributed by atoms with E-state index in [1.165, 1.54) is 0 Å². The fourth-order valence-electron chi connectivity index (χ4n) is 2.42. The molecule has 2 aromatic heterocycles. The normalized spacial score (nSPS) is 11.5. The first kappa shape index (κ1) is 12.7. The van der Waals surface area contributed by atoms with Gasteiger partial charge in [0.25, 0.3) is 0 Å². The van der Waals surface area contributed by atoms with Gasteiger partial charge in [-0.1, -0.05) is 35.3 Å². The van der Waals surface area contributed by atoms with Crippen LogP contribution in [0.2, 0.25) is 10.0 Å². The number of imidazole rings is 2. The summed E-state index contributed by atoms with van der Waals surface area (Å²) in [5, 5.41) is 1.14. The van der Waals surface area contributed by atoms with Crippen LogP contribution in [0.1, 0.15) is 11.6 Å². The van der Waals surface area contributed by atoms with Crippen molar-refractivity contribution in [2.75, 3.05) is 0 Å². The Morgan fingerprint density at radius 3 is 2.52 bits per heavy atom. The Morgan fingerprint density at radius 1 is 0.905 bits per heavy atom. The van der Waals surface area contributed by atoms with E-state index < -0.39 is 0 Å². The largest absolute Gasteiger partial charge is 0.342 e. The lowest BCUT2D eigenvalue weighted by Crippen LogP contribution is -1.92. The average Bonchev–Trinajstić information content (AvgIpc) is 3.01. The monoisotopic (exact) mass is 316 g/mol. The molecule has 0 bridgehead atoms. The summed E-state index contributed by atoms with van der Waals surface area (Å²) >= 11 is 12.1. The maximum absolute atomic E-state index is 6.15.